The van der Waals surface area contributed by atoms with E-state index in [4.69, 9.17) is 0 Å². The van der Waals surface area contributed by atoms with Crippen molar-refractivity contribution in [2.24, 2.45) is 5.92 Å². The largest absolute Gasteiger partial charge is 0.350 e. The Hall–Kier alpha value is -1.49. The van der Waals surface area contributed by atoms with E-state index in [9.17, 15) is 4.79 Å². The van der Waals surface area contributed by atoms with E-state index in [1.807, 2.05) is 0 Å². The molecule has 0 atom stereocenters. The van der Waals surface area contributed by atoms with E-state index in [1.165, 1.54) is 12.4 Å². The highest BCUT2D eigenvalue weighted by Gasteiger charge is 2.18. The molecule has 5 heteroatoms. The number of likely N-dealkylation sites (tertiary alicyclic amines) is 1. The lowest BCUT2D eigenvalue weighted by atomic mass is 9.97. The number of hydrogen-bond donors (Lipinski definition) is 1. The normalized spacial score (nSPS) is 17.6. The summed E-state index contributed by atoms with van der Waals surface area (Å²) in [6, 6.07) is 0. The van der Waals surface area contributed by atoms with Gasteiger partial charge in [0, 0.05) is 18.9 Å². The first kappa shape index (κ1) is 13.0. The van der Waals surface area contributed by atoms with Gasteiger partial charge in [-0.2, -0.15) is 0 Å². The van der Waals surface area contributed by atoms with Crippen LogP contribution in [-0.4, -0.2) is 47.0 Å². The summed E-state index contributed by atoms with van der Waals surface area (Å²) in [6.45, 7) is 6.34. The van der Waals surface area contributed by atoms with Gasteiger partial charge in [-0.15, -0.1) is 0 Å². The maximum atomic E-state index is 11.8. The molecule has 1 saturated heterocycles. The summed E-state index contributed by atoms with van der Waals surface area (Å²) in [5, 5.41) is 2.94. The monoisotopic (exact) mass is 248 g/mol. The minimum absolute atomic E-state index is 0.124. The van der Waals surface area contributed by atoms with Crippen LogP contribution in [0.1, 0.15) is 30.3 Å². The molecule has 0 bridgehead atoms. The van der Waals surface area contributed by atoms with E-state index in [2.05, 4.69) is 27.1 Å². The molecule has 1 N–H and O–H groups in total. The summed E-state index contributed by atoms with van der Waals surface area (Å²) in [7, 11) is 0. The molecule has 1 aromatic heterocycles. The second-order valence-electron chi connectivity index (χ2n) is 4.68. The zero-order valence-electron chi connectivity index (χ0n) is 10.8. The third kappa shape index (κ3) is 3.50. The number of nitrogens with one attached hydrogen (secondary N) is 1. The van der Waals surface area contributed by atoms with Gasteiger partial charge in [0.15, 0.2) is 0 Å². The quantitative estimate of drug-likeness (QED) is 0.861. The zero-order valence-corrected chi connectivity index (χ0v) is 10.8. The summed E-state index contributed by atoms with van der Waals surface area (Å²) >= 11 is 0. The maximum Gasteiger partial charge on any atom is 0.271 e. The van der Waals surface area contributed by atoms with Crippen molar-refractivity contribution in [2.75, 3.05) is 26.2 Å². The Bertz CT molecular complexity index is 374. The lowest BCUT2D eigenvalue weighted by Crippen LogP contribution is -2.38. The molecule has 1 aliphatic rings. The fourth-order valence-corrected chi connectivity index (χ4v) is 2.25. The van der Waals surface area contributed by atoms with Crippen LogP contribution in [0.15, 0.2) is 18.6 Å². The third-order valence-electron chi connectivity index (χ3n) is 3.50. The van der Waals surface area contributed by atoms with Crippen LogP contribution >= 0.6 is 0 Å². The molecule has 0 aliphatic carbocycles. The van der Waals surface area contributed by atoms with Crippen LogP contribution in [0.2, 0.25) is 0 Å². The number of rotatable bonds is 4. The summed E-state index contributed by atoms with van der Waals surface area (Å²) < 4.78 is 0. The van der Waals surface area contributed by atoms with Crippen molar-refractivity contribution < 1.29 is 4.79 Å². The molecule has 0 aromatic carbocycles. The zero-order chi connectivity index (χ0) is 12.8. The van der Waals surface area contributed by atoms with Crippen LogP contribution in [0, 0.1) is 5.92 Å². The van der Waals surface area contributed by atoms with Crippen molar-refractivity contribution in [3.8, 4) is 0 Å². The number of hydrogen-bond acceptors (Lipinski definition) is 4. The summed E-state index contributed by atoms with van der Waals surface area (Å²) in [5.41, 5.74) is 0.392. The van der Waals surface area contributed by atoms with Gasteiger partial charge >= 0.3 is 0 Å². The number of aromatic nitrogens is 2. The van der Waals surface area contributed by atoms with E-state index >= 15 is 0 Å². The highest BCUT2D eigenvalue weighted by molar-refractivity contribution is 5.91. The predicted molar refractivity (Wildman–Crippen MR) is 69.2 cm³/mol. The first-order chi connectivity index (χ1) is 8.79. The van der Waals surface area contributed by atoms with Gasteiger partial charge in [-0.3, -0.25) is 9.78 Å². The maximum absolute atomic E-state index is 11.8. The fraction of sp³-hybridized carbons (Fsp3) is 0.615. The van der Waals surface area contributed by atoms with Crippen molar-refractivity contribution in [1.29, 1.82) is 0 Å². The van der Waals surface area contributed by atoms with Crippen LogP contribution in [0.4, 0.5) is 0 Å². The van der Waals surface area contributed by atoms with Gasteiger partial charge < -0.3 is 10.2 Å². The van der Waals surface area contributed by atoms with E-state index < -0.39 is 0 Å². The summed E-state index contributed by atoms with van der Waals surface area (Å²) in [5.74, 6) is 0.467. The topological polar surface area (TPSA) is 58.1 Å². The van der Waals surface area contributed by atoms with Crippen LogP contribution in [-0.2, 0) is 0 Å². The minimum Gasteiger partial charge on any atom is -0.350 e. The molecule has 98 valence electrons. The molecule has 2 rings (SSSR count). The van der Waals surface area contributed by atoms with Crippen molar-refractivity contribution in [3.05, 3.63) is 24.3 Å². The average Bonchev–Trinajstić information content (AvgIpc) is 2.46. The molecule has 1 fully saturated rings. The number of amides is 1. The molecule has 1 aliphatic heterocycles. The first-order valence-corrected chi connectivity index (χ1v) is 6.56. The van der Waals surface area contributed by atoms with E-state index in [0.717, 1.165) is 39.0 Å². The molecule has 18 heavy (non-hydrogen) atoms. The Balaban J connectivity index is 1.74. The Morgan fingerprint density at radius 3 is 2.83 bits per heavy atom. The van der Waals surface area contributed by atoms with Crippen LogP contribution < -0.4 is 5.32 Å². The number of carbonyl (C=O) groups excluding carboxylic acids is 1. The summed E-state index contributed by atoms with van der Waals surface area (Å²) in [6.07, 6.45) is 6.92. The Morgan fingerprint density at radius 2 is 2.22 bits per heavy atom. The second kappa shape index (κ2) is 6.44. The van der Waals surface area contributed by atoms with Crippen molar-refractivity contribution >= 4 is 5.91 Å². The van der Waals surface area contributed by atoms with Gasteiger partial charge in [0.25, 0.3) is 5.91 Å². The molecule has 5 nitrogen and oxygen atoms in total. The minimum atomic E-state index is -0.124. The lowest BCUT2D eigenvalue weighted by Gasteiger charge is -2.30. The van der Waals surface area contributed by atoms with E-state index in [1.54, 1.807) is 6.20 Å². The van der Waals surface area contributed by atoms with E-state index in [0.29, 0.717) is 11.6 Å². The molecule has 2 heterocycles. The van der Waals surface area contributed by atoms with Gasteiger partial charge in [-0.25, -0.2) is 4.98 Å². The number of piperidine rings is 1. The third-order valence-corrected chi connectivity index (χ3v) is 3.50. The molecule has 0 spiro atoms. The van der Waals surface area contributed by atoms with E-state index in [-0.39, 0.29) is 5.91 Å². The van der Waals surface area contributed by atoms with Crippen LogP contribution in [0.5, 0.6) is 0 Å². The molecule has 0 saturated carbocycles. The highest BCUT2D eigenvalue weighted by atomic mass is 16.1. The van der Waals surface area contributed by atoms with Gasteiger partial charge in [0.1, 0.15) is 5.69 Å². The average molecular weight is 248 g/mol. The molecular formula is C13H20N4O. The Labute approximate surface area is 108 Å². The van der Waals surface area contributed by atoms with Gasteiger partial charge in [-0.1, -0.05) is 6.92 Å². The van der Waals surface area contributed by atoms with Crippen molar-refractivity contribution in [3.63, 3.8) is 0 Å². The molecule has 0 radical (unpaired) electrons. The standard InChI is InChI=1S/C13H20N4O/c1-2-17-7-3-11(4-8-17)9-16-13(18)12-10-14-5-6-15-12/h5-6,10-11H,2-4,7-9H2,1H3,(H,16,18). The number of nitrogens with zero attached hydrogens (tertiary/aromatic N) is 3. The molecule has 1 aromatic rings. The number of carbonyl (C=O) groups is 1. The van der Waals surface area contributed by atoms with Gasteiger partial charge in [0.05, 0.1) is 6.20 Å². The smallest absolute Gasteiger partial charge is 0.271 e. The predicted octanol–water partition coefficient (Wildman–Crippen LogP) is 0.938. The second-order valence-corrected chi connectivity index (χ2v) is 4.68. The Morgan fingerprint density at radius 1 is 1.44 bits per heavy atom. The van der Waals surface area contributed by atoms with Crippen molar-refractivity contribution in [2.45, 2.75) is 19.8 Å². The molecule has 0 unspecified atom stereocenters. The highest BCUT2D eigenvalue weighted by Crippen LogP contribution is 2.15. The van der Waals surface area contributed by atoms with Crippen LogP contribution in [0.25, 0.3) is 0 Å². The fourth-order valence-electron chi connectivity index (χ4n) is 2.25. The SMILES string of the molecule is CCN1CCC(CNC(=O)c2cnccn2)CC1. The van der Waals surface area contributed by atoms with Crippen molar-refractivity contribution in [1.82, 2.24) is 20.2 Å². The Kier molecular flexibility index (Phi) is 4.64. The van der Waals surface area contributed by atoms with Gasteiger partial charge in [-0.05, 0) is 38.4 Å². The lowest BCUT2D eigenvalue weighted by molar-refractivity contribution is 0.0931. The first-order valence-electron chi connectivity index (χ1n) is 6.56. The molecular weight excluding hydrogens is 228 g/mol. The summed E-state index contributed by atoms with van der Waals surface area (Å²) in [4.78, 5) is 22.1. The van der Waals surface area contributed by atoms with Gasteiger partial charge in [0.2, 0.25) is 0 Å². The van der Waals surface area contributed by atoms with Crippen LogP contribution in [0.3, 0.4) is 0 Å². The molecule has 1 amide bonds.